The van der Waals surface area contributed by atoms with E-state index in [2.05, 4.69) is 21.2 Å². The van der Waals surface area contributed by atoms with E-state index in [4.69, 9.17) is 0 Å². The molecular weight excluding hydrogens is 312 g/mol. The Morgan fingerprint density at radius 1 is 1.11 bits per heavy atom. The zero-order chi connectivity index (χ0) is 14.0. The van der Waals surface area contributed by atoms with Gasteiger partial charge in [0.25, 0.3) is 0 Å². The lowest BCUT2D eigenvalue weighted by Crippen LogP contribution is -2.09. The molecule has 0 spiro atoms. The molecule has 1 nitrogen and oxygen atoms in total. The first kappa shape index (κ1) is 14.0. The van der Waals surface area contributed by atoms with Crippen LogP contribution in [0.5, 0.6) is 0 Å². The first-order valence-electron chi connectivity index (χ1n) is 5.95. The van der Waals surface area contributed by atoms with Gasteiger partial charge < -0.3 is 5.32 Å². The smallest absolute Gasteiger partial charge is 0.131 e. The minimum Gasteiger partial charge on any atom is -0.378 e. The molecule has 1 N–H and O–H groups in total. The molecule has 0 fully saturated rings. The molecule has 19 heavy (non-hydrogen) atoms. The quantitative estimate of drug-likeness (QED) is 0.816. The van der Waals surface area contributed by atoms with Gasteiger partial charge in [0.1, 0.15) is 11.6 Å². The van der Waals surface area contributed by atoms with Gasteiger partial charge >= 0.3 is 0 Å². The zero-order valence-electron chi connectivity index (χ0n) is 10.7. The maximum atomic E-state index is 13.7. The molecule has 0 saturated heterocycles. The summed E-state index contributed by atoms with van der Waals surface area (Å²) in [4.78, 5) is 0. The van der Waals surface area contributed by atoms with Gasteiger partial charge in [-0.1, -0.05) is 28.1 Å². The van der Waals surface area contributed by atoms with Gasteiger partial charge in [0.2, 0.25) is 0 Å². The number of rotatable bonds is 3. The number of hydrogen-bond donors (Lipinski definition) is 1. The number of nitrogens with one attached hydrogen (secondary N) is 1. The normalized spacial score (nSPS) is 12.3. The van der Waals surface area contributed by atoms with Gasteiger partial charge in [0.05, 0.1) is 6.04 Å². The predicted octanol–water partition coefficient (Wildman–Crippen LogP) is 5.21. The number of aryl methyl sites for hydroxylation is 1. The highest BCUT2D eigenvalue weighted by Crippen LogP contribution is 2.26. The van der Waals surface area contributed by atoms with Crippen molar-refractivity contribution in [2.75, 3.05) is 5.32 Å². The van der Waals surface area contributed by atoms with Crippen LogP contribution in [0.1, 0.15) is 24.1 Å². The highest BCUT2D eigenvalue weighted by Gasteiger charge is 2.12. The summed E-state index contributed by atoms with van der Waals surface area (Å²) in [5, 5.41) is 3.24. The molecule has 1 unspecified atom stereocenters. The number of anilines is 1. The highest BCUT2D eigenvalue weighted by atomic mass is 79.9. The van der Waals surface area contributed by atoms with E-state index in [-0.39, 0.29) is 6.04 Å². The summed E-state index contributed by atoms with van der Waals surface area (Å²) in [6.45, 7) is 3.82. The van der Waals surface area contributed by atoms with Crippen molar-refractivity contribution >= 4 is 21.6 Å². The van der Waals surface area contributed by atoms with Gasteiger partial charge in [-0.2, -0.15) is 0 Å². The van der Waals surface area contributed by atoms with Crippen LogP contribution in [0.3, 0.4) is 0 Å². The van der Waals surface area contributed by atoms with Crippen molar-refractivity contribution in [3.8, 4) is 0 Å². The van der Waals surface area contributed by atoms with Crippen LogP contribution < -0.4 is 5.32 Å². The first-order valence-corrected chi connectivity index (χ1v) is 6.74. The summed E-state index contributed by atoms with van der Waals surface area (Å²) in [5.74, 6) is -1.10. The van der Waals surface area contributed by atoms with E-state index >= 15 is 0 Å². The Bertz CT molecular complexity index is 599. The van der Waals surface area contributed by atoms with Crippen molar-refractivity contribution in [2.24, 2.45) is 0 Å². The van der Waals surface area contributed by atoms with Crippen molar-refractivity contribution in [3.63, 3.8) is 0 Å². The SMILES string of the molecule is Cc1ccc(Br)cc1NC(C)c1ccc(F)cc1F. The fourth-order valence-electron chi connectivity index (χ4n) is 1.91. The number of halogens is 3. The van der Waals surface area contributed by atoms with Crippen LogP contribution in [0.25, 0.3) is 0 Å². The van der Waals surface area contributed by atoms with Crippen LogP contribution in [-0.4, -0.2) is 0 Å². The van der Waals surface area contributed by atoms with Crippen LogP contribution in [0.2, 0.25) is 0 Å². The number of hydrogen-bond acceptors (Lipinski definition) is 1. The lowest BCUT2D eigenvalue weighted by molar-refractivity contribution is 0.566. The summed E-state index contributed by atoms with van der Waals surface area (Å²) in [5.41, 5.74) is 2.43. The average Bonchev–Trinajstić information content (AvgIpc) is 2.33. The van der Waals surface area contributed by atoms with E-state index < -0.39 is 11.6 Å². The topological polar surface area (TPSA) is 12.0 Å². The Morgan fingerprint density at radius 2 is 1.84 bits per heavy atom. The Labute approximate surface area is 119 Å². The summed E-state index contributed by atoms with van der Waals surface area (Å²) in [6.07, 6.45) is 0. The third kappa shape index (κ3) is 3.32. The van der Waals surface area contributed by atoms with E-state index in [0.29, 0.717) is 5.56 Å². The van der Waals surface area contributed by atoms with E-state index in [9.17, 15) is 8.78 Å². The molecule has 2 rings (SSSR count). The third-order valence-electron chi connectivity index (χ3n) is 3.00. The Kier molecular flexibility index (Phi) is 4.20. The molecule has 0 saturated carbocycles. The van der Waals surface area contributed by atoms with E-state index in [0.717, 1.165) is 21.8 Å². The second kappa shape index (κ2) is 5.70. The summed E-state index contributed by atoms with van der Waals surface area (Å²) >= 11 is 3.40. The predicted molar refractivity (Wildman–Crippen MR) is 77.3 cm³/mol. The van der Waals surface area contributed by atoms with E-state index in [1.165, 1.54) is 12.1 Å². The molecule has 0 amide bonds. The zero-order valence-corrected chi connectivity index (χ0v) is 12.3. The monoisotopic (exact) mass is 325 g/mol. The molecular formula is C15H14BrF2N. The van der Waals surface area contributed by atoms with Gasteiger partial charge in [-0.25, -0.2) is 8.78 Å². The van der Waals surface area contributed by atoms with Crippen LogP contribution in [0.15, 0.2) is 40.9 Å². The summed E-state index contributed by atoms with van der Waals surface area (Å²) in [6, 6.07) is 9.26. The lowest BCUT2D eigenvalue weighted by atomic mass is 10.1. The highest BCUT2D eigenvalue weighted by molar-refractivity contribution is 9.10. The van der Waals surface area contributed by atoms with Gasteiger partial charge in [0.15, 0.2) is 0 Å². The molecule has 2 aromatic rings. The van der Waals surface area contributed by atoms with E-state index in [1.54, 1.807) is 0 Å². The van der Waals surface area contributed by atoms with Crippen LogP contribution in [0, 0.1) is 18.6 Å². The molecule has 100 valence electrons. The second-order valence-electron chi connectivity index (χ2n) is 4.49. The molecule has 1 atom stereocenters. The Hall–Kier alpha value is -1.42. The van der Waals surface area contributed by atoms with Crippen molar-refractivity contribution in [1.82, 2.24) is 0 Å². The maximum Gasteiger partial charge on any atom is 0.131 e. The molecule has 0 aliphatic rings. The fourth-order valence-corrected chi connectivity index (χ4v) is 2.27. The maximum absolute atomic E-state index is 13.7. The van der Waals surface area contributed by atoms with Crippen molar-refractivity contribution in [3.05, 3.63) is 63.6 Å². The molecule has 2 aromatic carbocycles. The number of benzene rings is 2. The Balaban J connectivity index is 2.25. The van der Waals surface area contributed by atoms with Crippen LogP contribution >= 0.6 is 15.9 Å². The van der Waals surface area contributed by atoms with Crippen molar-refractivity contribution in [1.29, 1.82) is 0 Å². The van der Waals surface area contributed by atoms with Gasteiger partial charge in [-0.05, 0) is 37.6 Å². The summed E-state index contributed by atoms with van der Waals surface area (Å²) < 4.78 is 27.5. The molecule has 0 aliphatic heterocycles. The Morgan fingerprint density at radius 3 is 2.53 bits per heavy atom. The average molecular weight is 326 g/mol. The van der Waals surface area contributed by atoms with Gasteiger partial charge in [-0.3, -0.25) is 0 Å². The van der Waals surface area contributed by atoms with Crippen molar-refractivity contribution < 1.29 is 8.78 Å². The van der Waals surface area contributed by atoms with Gasteiger partial charge in [-0.15, -0.1) is 0 Å². The lowest BCUT2D eigenvalue weighted by Gasteiger charge is -2.18. The molecule has 0 aromatic heterocycles. The standard InChI is InChI=1S/C15H14BrF2N/c1-9-3-4-11(16)7-15(9)19-10(2)13-6-5-12(17)8-14(13)18/h3-8,10,19H,1-2H3. The first-order chi connectivity index (χ1) is 8.97. The van der Waals surface area contributed by atoms with Gasteiger partial charge in [0, 0.05) is 21.8 Å². The molecule has 4 heteroatoms. The fraction of sp³-hybridized carbons (Fsp3) is 0.200. The molecule has 0 bridgehead atoms. The molecule has 0 heterocycles. The minimum atomic E-state index is -0.563. The van der Waals surface area contributed by atoms with Crippen LogP contribution in [0.4, 0.5) is 14.5 Å². The molecule has 0 aliphatic carbocycles. The summed E-state index contributed by atoms with van der Waals surface area (Å²) in [7, 11) is 0. The van der Waals surface area contributed by atoms with Crippen LogP contribution in [-0.2, 0) is 0 Å². The minimum absolute atomic E-state index is 0.242. The van der Waals surface area contributed by atoms with E-state index in [1.807, 2.05) is 32.0 Å². The molecule has 0 radical (unpaired) electrons. The largest absolute Gasteiger partial charge is 0.378 e. The second-order valence-corrected chi connectivity index (χ2v) is 5.41. The third-order valence-corrected chi connectivity index (χ3v) is 3.49. The van der Waals surface area contributed by atoms with Crippen molar-refractivity contribution in [2.45, 2.75) is 19.9 Å².